The molecule has 2 rings (SSSR count). The van der Waals surface area contributed by atoms with E-state index < -0.39 is 0 Å². The van der Waals surface area contributed by atoms with Crippen LogP contribution >= 0.6 is 15.9 Å². The van der Waals surface area contributed by atoms with E-state index in [-0.39, 0.29) is 0 Å². The first-order valence-corrected chi connectivity index (χ1v) is 6.79. The quantitative estimate of drug-likeness (QED) is 0.873. The van der Waals surface area contributed by atoms with E-state index in [1.165, 1.54) is 0 Å². The van der Waals surface area contributed by atoms with E-state index in [0.29, 0.717) is 6.54 Å². The second-order valence-corrected chi connectivity index (χ2v) is 5.19. The molecule has 0 unspecified atom stereocenters. The fourth-order valence-electron chi connectivity index (χ4n) is 2.01. The molecule has 3 nitrogen and oxygen atoms in total. The standard InChI is InChI=1S/C15H17BrN2O/c1-18(14-8-3-4-9-15(14)19-2)10-11-12(16)6-5-7-13(11)17/h3-9H,10,17H2,1-2H3. The summed E-state index contributed by atoms with van der Waals surface area (Å²) in [7, 11) is 3.70. The van der Waals surface area contributed by atoms with Crippen molar-refractivity contribution in [2.75, 3.05) is 24.8 Å². The largest absolute Gasteiger partial charge is 0.495 e. The number of hydrogen-bond acceptors (Lipinski definition) is 3. The van der Waals surface area contributed by atoms with Crippen LogP contribution in [0, 0.1) is 0 Å². The topological polar surface area (TPSA) is 38.5 Å². The Morgan fingerprint density at radius 1 is 1.16 bits per heavy atom. The summed E-state index contributed by atoms with van der Waals surface area (Å²) >= 11 is 3.55. The molecule has 19 heavy (non-hydrogen) atoms. The number of para-hydroxylation sites is 2. The molecule has 0 aliphatic carbocycles. The van der Waals surface area contributed by atoms with E-state index in [2.05, 4.69) is 20.8 Å². The maximum absolute atomic E-state index is 6.03. The molecule has 0 amide bonds. The van der Waals surface area contributed by atoms with E-state index in [1.807, 2.05) is 49.5 Å². The Hall–Kier alpha value is -1.68. The lowest BCUT2D eigenvalue weighted by atomic mass is 10.1. The Bertz CT molecular complexity index is 552. The molecule has 0 saturated heterocycles. The SMILES string of the molecule is COc1ccccc1N(C)Cc1c(N)cccc1Br. The smallest absolute Gasteiger partial charge is 0.142 e. The van der Waals surface area contributed by atoms with Gasteiger partial charge in [0.1, 0.15) is 5.75 Å². The minimum absolute atomic E-state index is 0.716. The molecule has 4 heteroatoms. The average Bonchev–Trinajstić information content (AvgIpc) is 2.42. The first-order chi connectivity index (χ1) is 9.13. The highest BCUT2D eigenvalue weighted by Gasteiger charge is 2.11. The molecular formula is C15H17BrN2O. The molecule has 0 aliphatic heterocycles. The van der Waals surface area contributed by atoms with Crippen LogP contribution in [-0.2, 0) is 6.54 Å². The van der Waals surface area contributed by atoms with Crippen LogP contribution in [0.15, 0.2) is 46.9 Å². The highest BCUT2D eigenvalue weighted by molar-refractivity contribution is 9.10. The van der Waals surface area contributed by atoms with Crippen molar-refractivity contribution in [1.29, 1.82) is 0 Å². The van der Waals surface area contributed by atoms with Gasteiger partial charge in [-0.25, -0.2) is 0 Å². The fourth-order valence-corrected chi connectivity index (χ4v) is 2.52. The van der Waals surface area contributed by atoms with Crippen LogP contribution in [0.4, 0.5) is 11.4 Å². The number of nitrogen functional groups attached to an aromatic ring is 1. The predicted octanol–water partition coefficient (Wildman–Crippen LogP) is 3.68. The van der Waals surface area contributed by atoms with Crippen LogP contribution in [0.1, 0.15) is 5.56 Å². The summed E-state index contributed by atoms with van der Waals surface area (Å²) in [6.45, 7) is 0.716. The van der Waals surface area contributed by atoms with Crippen molar-refractivity contribution in [3.63, 3.8) is 0 Å². The number of ether oxygens (including phenoxy) is 1. The van der Waals surface area contributed by atoms with Gasteiger partial charge in [-0.3, -0.25) is 0 Å². The molecule has 0 fully saturated rings. The number of methoxy groups -OCH3 is 1. The molecule has 0 atom stereocenters. The Balaban J connectivity index is 2.28. The van der Waals surface area contributed by atoms with Crippen molar-refractivity contribution in [1.82, 2.24) is 0 Å². The van der Waals surface area contributed by atoms with Crippen molar-refractivity contribution in [3.05, 3.63) is 52.5 Å². The lowest BCUT2D eigenvalue weighted by Crippen LogP contribution is -2.18. The van der Waals surface area contributed by atoms with Gasteiger partial charge in [-0.2, -0.15) is 0 Å². The molecular weight excluding hydrogens is 304 g/mol. The van der Waals surface area contributed by atoms with Gasteiger partial charge in [0.25, 0.3) is 0 Å². The number of benzene rings is 2. The number of hydrogen-bond donors (Lipinski definition) is 1. The Morgan fingerprint density at radius 2 is 1.89 bits per heavy atom. The predicted molar refractivity (Wildman–Crippen MR) is 83.7 cm³/mol. The summed E-state index contributed by atoms with van der Waals surface area (Å²) in [5.41, 5.74) is 8.94. The van der Waals surface area contributed by atoms with Crippen molar-refractivity contribution >= 4 is 27.3 Å². The average molecular weight is 321 g/mol. The molecule has 0 saturated carbocycles. The van der Waals surface area contributed by atoms with Gasteiger partial charge in [-0.1, -0.05) is 34.1 Å². The van der Waals surface area contributed by atoms with Gasteiger partial charge in [0.05, 0.1) is 12.8 Å². The molecule has 0 heterocycles. The summed E-state index contributed by atoms with van der Waals surface area (Å²) in [5.74, 6) is 0.857. The molecule has 0 aliphatic rings. The zero-order chi connectivity index (χ0) is 13.8. The van der Waals surface area contributed by atoms with Crippen molar-refractivity contribution < 1.29 is 4.74 Å². The number of nitrogens with zero attached hydrogens (tertiary/aromatic N) is 1. The normalized spacial score (nSPS) is 10.3. The molecule has 0 radical (unpaired) electrons. The van der Waals surface area contributed by atoms with Crippen LogP contribution in [0.3, 0.4) is 0 Å². The highest BCUT2D eigenvalue weighted by Crippen LogP contribution is 2.30. The van der Waals surface area contributed by atoms with Crippen LogP contribution in [0.2, 0.25) is 0 Å². The number of nitrogens with two attached hydrogens (primary N) is 1. The maximum atomic E-state index is 6.03. The lowest BCUT2D eigenvalue weighted by molar-refractivity contribution is 0.415. The van der Waals surface area contributed by atoms with Crippen LogP contribution in [-0.4, -0.2) is 14.2 Å². The lowest BCUT2D eigenvalue weighted by Gasteiger charge is -2.23. The van der Waals surface area contributed by atoms with E-state index in [1.54, 1.807) is 7.11 Å². The van der Waals surface area contributed by atoms with Gasteiger partial charge < -0.3 is 15.4 Å². The van der Waals surface area contributed by atoms with E-state index in [4.69, 9.17) is 10.5 Å². The Labute approximate surface area is 122 Å². The third-order valence-electron chi connectivity index (χ3n) is 3.05. The van der Waals surface area contributed by atoms with Crippen LogP contribution in [0.5, 0.6) is 5.75 Å². The van der Waals surface area contributed by atoms with Crippen molar-refractivity contribution in [2.45, 2.75) is 6.54 Å². The molecule has 100 valence electrons. The third kappa shape index (κ3) is 3.01. The second kappa shape index (κ2) is 5.97. The van der Waals surface area contributed by atoms with Gasteiger partial charge in [-0.15, -0.1) is 0 Å². The minimum atomic E-state index is 0.716. The summed E-state index contributed by atoms with van der Waals surface area (Å²) in [4.78, 5) is 2.12. The second-order valence-electron chi connectivity index (χ2n) is 4.34. The minimum Gasteiger partial charge on any atom is -0.495 e. The van der Waals surface area contributed by atoms with Gasteiger partial charge >= 0.3 is 0 Å². The Morgan fingerprint density at radius 3 is 2.58 bits per heavy atom. The van der Waals surface area contributed by atoms with Crippen molar-refractivity contribution in [3.8, 4) is 5.75 Å². The molecule has 0 spiro atoms. The highest BCUT2D eigenvalue weighted by atomic mass is 79.9. The van der Waals surface area contributed by atoms with E-state index in [0.717, 1.165) is 27.2 Å². The molecule has 2 N–H and O–H groups in total. The fraction of sp³-hybridized carbons (Fsp3) is 0.200. The third-order valence-corrected chi connectivity index (χ3v) is 3.79. The maximum Gasteiger partial charge on any atom is 0.142 e. The Kier molecular flexibility index (Phi) is 4.32. The molecule has 2 aromatic carbocycles. The number of anilines is 2. The summed E-state index contributed by atoms with van der Waals surface area (Å²) in [5, 5.41) is 0. The van der Waals surface area contributed by atoms with Gasteiger partial charge in [0.15, 0.2) is 0 Å². The molecule has 0 bridgehead atoms. The van der Waals surface area contributed by atoms with Crippen LogP contribution < -0.4 is 15.4 Å². The van der Waals surface area contributed by atoms with Gasteiger partial charge in [0.2, 0.25) is 0 Å². The van der Waals surface area contributed by atoms with Crippen molar-refractivity contribution in [2.24, 2.45) is 0 Å². The monoisotopic (exact) mass is 320 g/mol. The van der Waals surface area contributed by atoms with E-state index in [9.17, 15) is 0 Å². The summed E-state index contributed by atoms with van der Waals surface area (Å²) in [6, 6.07) is 13.8. The number of rotatable bonds is 4. The first kappa shape index (κ1) is 13.7. The van der Waals surface area contributed by atoms with E-state index >= 15 is 0 Å². The molecule has 2 aromatic rings. The molecule has 0 aromatic heterocycles. The zero-order valence-electron chi connectivity index (χ0n) is 11.1. The van der Waals surface area contributed by atoms with Gasteiger partial charge in [0, 0.05) is 29.3 Å². The summed E-state index contributed by atoms with van der Waals surface area (Å²) in [6.07, 6.45) is 0. The van der Waals surface area contributed by atoms with Crippen LogP contribution in [0.25, 0.3) is 0 Å². The summed E-state index contributed by atoms with van der Waals surface area (Å²) < 4.78 is 6.40. The zero-order valence-corrected chi connectivity index (χ0v) is 12.6. The van der Waals surface area contributed by atoms with Gasteiger partial charge in [-0.05, 0) is 24.3 Å². The first-order valence-electron chi connectivity index (χ1n) is 6.00. The number of halogens is 1.